The summed E-state index contributed by atoms with van der Waals surface area (Å²) in [5.41, 5.74) is 3.29. The van der Waals surface area contributed by atoms with E-state index in [1.165, 1.54) is 31.2 Å². The number of ether oxygens (including phenoxy) is 2. The number of H-pyrrole nitrogens is 1. The Balaban J connectivity index is 1.52. The minimum absolute atomic E-state index is 0.203. The van der Waals surface area contributed by atoms with E-state index in [4.69, 9.17) is 9.47 Å². The molecule has 0 saturated carbocycles. The summed E-state index contributed by atoms with van der Waals surface area (Å²) in [5.74, 6) is 0. The van der Waals surface area contributed by atoms with E-state index >= 15 is 0 Å². The molecule has 8 nitrogen and oxygen atoms in total. The molecule has 3 heterocycles. The lowest BCUT2D eigenvalue weighted by atomic mass is 10.1. The van der Waals surface area contributed by atoms with Gasteiger partial charge in [-0.05, 0) is 37.1 Å². The van der Waals surface area contributed by atoms with Gasteiger partial charge in [0.05, 0.1) is 19.3 Å². The fraction of sp³-hybridized carbons (Fsp3) is 0.500. The molecule has 0 radical (unpaired) electrons. The summed E-state index contributed by atoms with van der Waals surface area (Å²) in [5, 5.41) is 0. The van der Waals surface area contributed by atoms with Gasteiger partial charge >= 0.3 is 11.7 Å². The van der Waals surface area contributed by atoms with Gasteiger partial charge in [0.1, 0.15) is 12.1 Å². The van der Waals surface area contributed by atoms with E-state index in [0.29, 0.717) is 30.9 Å². The molecule has 2 aromatic heterocycles. The molecule has 1 fully saturated rings. The summed E-state index contributed by atoms with van der Waals surface area (Å²) in [6, 6.07) is 8.71. The number of benzene rings is 1. The maximum absolute atomic E-state index is 12.5. The van der Waals surface area contributed by atoms with Crippen molar-refractivity contribution in [2.75, 3.05) is 33.4 Å². The van der Waals surface area contributed by atoms with Gasteiger partial charge in [0.2, 0.25) is 0 Å². The molecule has 1 aliphatic heterocycles. The number of hydrogen-bond donors (Lipinski definition) is 1. The van der Waals surface area contributed by atoms with Crippen LogP contribution in [0.2, 0.25) is 0 Å². The smallest absolute Gasteiger partial charge is 0.328 e. The number of fused-ring (bicyclic) bond motifs is 1. The van der Waals surface area contributed by atoms with Crippen molar-refractivity contribution in [3.8, 4) is 6.01 Å². The van der Waals surface area contributed by atoms with Gasteiger partial charge in [0.25, 0.3) is 0 Å². The standard InChI is InChI=1S/C22H29N5O3/c1-29-11-12-30-21-23-14-19-20(25-21)27(22(28)24-19)16-18-8-6-7-17(13-18)15-26-9-4-2-3-5-10-26/h6-8,13-14H,2-5,9-12,15-16H2,1H3,(H,24,28). The lowest BCUT2D eigenvalue weighted by Gasteiger charge is -2.20. The summed E-state index contributed by atoms with van der Waals surface area (Å²) in [6.45, 7) is 4.53. The number of rotatable bonds is 8. The maximum atomic E-state index is 12.5. The van der Waals surface area contributed by atoms with Crippen molar-refractivity contribution in [3.05, 3.63) is 52.1 Å². The molecule has 1 saturated heterocycles. The predicted octanol–water partition coefficient (Wildman–Crippen LogP) is 2.57. The second kappa shape index (κ2) is 9.86. The van der Waals surface area contributed by atoms with Crippen molar-refractivity contribution >= 4 is 11.2 Å². The molecule has 1 N–H and O–H groups in total. The van der Waals surface area contributed by atoms with Crippen molar-refractivity contribution in [2.45, 2.75) is 38.8 Å². The van der Waals surface area contributed by atoms with Crippen LogP contribution in [0.1, 0.15) is 36.8 Å². The second-order valence-corrected chi connectivity index (χ2v) is 7.76. The van der Waals surface area contributed by atoms with Crippen molar-refractivity contribution in [1.29, 1.82) is 0 Å². The topological polar surface area (TPSA) is 85.3 Å². The number of methoxy groups -OCH3 is 1. The summed E-state index contributed by atoms with van der Waals surface area (Å²) in [6.07, 6.45) is 6.80. The van der Waals surface area contributed by atoms with Gasteiger partial charge in [-0.2, -0.15) is 4.98 Å². The Bertz CT molecular complexity index is 1020. The molecule has 3 aromatic rings. The van der Waals surface area contributed by atoms with E-state index in [2.05, 4.69) is 38.1 Å². The van der Waals surface area contributed by atoms with Crippen molar-refractivity contribution in [3.63, 3.8) is 0 Å². The molecule has 1 aliphatic rings. The first-order valence-corrected chi connectivity index (χ1v) is 10.6. The molecule has 0 unspecified atom stereocenters. The van der Waals surface area contributed by atoms with Gasteiger partial charge < -0.3 is 14.5 Å². The molecule has 0 amide bonds. The van der Waals surface area contributed by atoms with E-state index in [1.807, 2.05) is 6.07 Å². The third kappa shape index (κ3) is 5.06. The quantitative estimate of drug-likeness (QED) is 0.574. The Morgan fingerprint density at radius 1 is 1.07 bits per heavy atom. The third-order valence-electron chi connectivity index (χ3n) is 5.44. The number of imidazole rings is 1. The fourth-order valence-electron chi connectivity index (χ4n) is 3.92. The zero-order chi connectivity index (χ0) is 20.8. The summed E-state index contributed by atoms with van der Waals surface area (Å²) in [4.78, 5) is 26.5. The minimum atomic E-state index is -0.203. The SMILES string of the molecule is COCCOc1ncc2[nH]c(=O)n(Cc3cccc(CN4CCCCCC4)c3)c2n1. The monoisotopic (exact) mass is 411 g/mol. The lowest BCUT2D eigenvalue weighted by molar-refractivity contribution is 0.141. The number of aromatic amines is 1. The third-order valence-corrected chi connectivity index (χ3v) is 5.44. The number of nitrogens with one attached hydrogen (secondary N) is 1. The molecule has 0 bridgehead atoms. The Kier molecular flexibility index (Phi) is 6.76. The number of hydrogen-bond acceptors (Lipinski definition) is 6. The lowest BCUT2D eigenvalue weighted by Crippen LogP contribution is -2.24. The van der Waals surface area contributed by atoms with Crippen molar-refractivity contribution < 1.29 is 9.47 Å². The van der Waals surface area contributed by atoms with Crippen molar-refractivity contribution in [2.24, 2.45) is 0 Å². The highest BCUT2D eigenvalue weighted by Gasteiger charge is 2.13. The molecule has 8 heteroatoms. The second-order valence-electron chi connectivity index (χ2n) is 7.76. The summed E-state index contributed by atoms with van der Waals surface area (Å²) >= 11 is 0. The van der Waals surface area contributed by atoms with Crippen LogP contribution in [0.3, 0.4) is 0 Å². The highest BCUT2D eigenvalue weighted by Crippen LogP contribution is 2.16. The Morgan fingerprint density at radius 2 is 1.83 bits per heavy atom. The summed E-state index contributed by atoms with van der Waals surface area (Å²) in [7, 11) is 1.61. The molecule has 30 heavy (non-hydrogen) atoms. The van der Waals surface area contributed by atoms with E-state index in [9.17, 15) is 4.79 Å². The van der Waals surface area contributed by atoms with E-state index in [1.54, 1.807) is 17.9 Å². The number of likely N-dealkylation sites (tertiary alicyclic amines) is 1. The number of aromatic nitrogens is 4. The van der Waals surface area contributed by atoms with Crippen LogP contribution in [0, 0.1) is 0 Å². The Labute approximate surface area is 175 Å². The molecule has 1 aromatic carbocycles. The van der Waals surface area contributed by atoms with Gasteiger partial charge in [0.15, 0.2) is 5.65 Å². The normalized spacial score (nSPS) is 15.4. The number of nitrogens with zero attached hydrogens (tertiary/aromatic N) is 4. The van der Waals surface area contributed by atoms with Crippen LogP contribution >= 0.6 is 0 Å². The fourth-order valence-corrected chi connectivity index (χ4v) is 3.92. The van der Waals surface area contributed by atoms with Gasteiger partial charge in [-0.15, -0.1) is 0 Å². The van der Waals surface area contributed by atoms with Crippen LogP contribution in [-0.4, -0.2) is 57.8 Å². The first-order chi connectivity index (χ1) is 14.7. The molecule has 0 aliphatic carbocycles. The first-order valence-electron chi connectivity index (χ1n) is 10.6. The van der Waals surface area contributed by atoms with E-state index in [0.717, 1.165) is 25.2 Å². The van der Waals surface area contributed by atoms with Crippen LogP contribution in [0.25, 0.3) is 11.2 Å². The van der Waals surface area contributed by atoms with E-state index < -0.39 is 0 Å². The molecule has 160 valence electrons. The average Bonchev–Trinajstić information content (AvgIpc) is 2.91. The van der Waals surface area contributed by atoms with Gasteiger partial charge in [-0.3, -0.25) is 9.47 Å². The first kappa shape index (κ1) is 20.6. The summed E-state index contributed by atoms with van der Waals surface area (Å²) < 4.78 is 12.1. The van der Waals surface area contributed by atoms with Gasteiger partial charge in [-0.25, -0.2) is 9.78 Å². The van der Waals surface area contributed by atoms with Crippen molar-refractivity contribution in [1.82, 2.24) is 24.4 Å². The molecule has 0 spiro atoms. The van der Waals surface area contributed by atoms with Crippen LogP contribution in [0.15, 0.2) is 35.3 Å². The molecular formula is C22H29N5O3. The van der Waals surface area contributed by atoms with E-state index in [-0.39, 0.29) is 11.7 Å². The molecule has 4 rings (SSSR count). The van der Waals surface area contributed by atoms with Crippen LogP contribution in [0.5, 0.6) is 6.01 Å². The largest absolute Gasteiger partial charge is 0.461 e. The maximum Gasteiger partial charge on any atom is 0.328 e. The van der Waals surface area contributed by atoms with Gasteiger partial charge in [0, 0.05) is 13.7 Å². The zero-order valence-corrected chi connectivity index (χ0v) is 17.5. The van der Waals surface area contributed by atoms with Crippen LogP contribution in [0.4, 0.5) is 0 Å². The van der Waals surface area contributed by atoms with Gasteiger partial charge in [-0.1, -0.05) is 37.1 Å². The highest BCUT2D eigenvalue weighted by molar-refractivity contribution is 5.69. The highest BCUT2D eigenvalue weighted by atomic mass is 16.5. The molecule has 0 atom stereocenters. The average molecular weight is 412 g/mol. The predicted molar refractivity (Wildman–Crippen MR) is 115 cm³/mol. The molecular weight excluding hydrogens is 382 g/mol. The minimum Gasteiger partial charge on any atom is -0.461 e. The van der Waals surface area contributed by atoms with Crippen LogP contribution in [-0.2, 0) is 17.8 Å². The Hall–Kier alpha value is -2.71. The zero-order valence-electron chi connectivity index (χ0n) is 17.5. The van der Waals surface area contributed by atoms with Crippen LogP contribution < -0.4 is 10.4 Å². The Morgan fingerprint density at radius 3 is 2.60 bits per heavy atom.